The van der Waals surface area contributed by atoms with Crippen molar-refractivity contribution in [1.82, 2.24) is 9.55 Å². The number of methoxy groups -OCH3 is 1. The van der Waals surface area contributed by atoms with Crippen molar-refractivity contribution >= 4 is 5.78 Å². The van der Waals surface area contributed by atoms with Crippen LogP contribution in [-0.4, -0.2) is 22.4 Å². The summed E-state index contributed by atoms with van der Waals surface area (Å²) in [6.45, 7) is 6.45. The number of carbonyl (C=O) groups excluding carboxylic acids is 1. The third-order valence-corrected chi connectivity index (χ3v) is 3.29. The Hall–Kier alpha value is -2.10. The molecule has 0 unspecified atom stereocenters. The van der Waals surface area contributed by atoms with E-state index < -0.39 is 0 Å². The van der Waals surface area contributed by atoms with E-state index in [1.54, 1.807) is 26.3 Å². The monoisotopic (exact) mass is 272 g/mol. The zero-order chi connectivity index (χ0) is 14.7. The van der Waals surface area contributed by atoms with E-state index in [-0.39, 0.29) is 5.78 Å². The molecule has 1 heterocycles. The summed E-state index contributed by atoms with van der Waals surface area (Å²) in [5.41, 5.74) is 1.69. The summed E-state index contributed by atoms with van der Waals surface area (Å²) in [4.78, 5) is 15.9. The van der Waals surface area contributed by atoms with E-state index in [1.165, 1.54) is 0 Å². The number of Topliss-reactive ketones (excluding diaryl/α,β-unsaturated/α-hetero) is 1. The van der Waals surface area contributed by atoms with Gasteiger partial charge in [-0.3, -0.25) is 4.79 Å². The van der Waals surface area contributed by atoms with Gasteiger partial charge in [-0.2, -0.15) is 0 Å². The number of hydrogen-bond donors (Lipinski definition) is 0. The van der Waals surface area contributed by atoms with Gasteiger partial charge in [0.25, 0.3) is 0 Å². The zero-order valence-electron chi connectivity index (χ0n) is 12.4. The van der Waals surface area contributed by atoms with E-state index in [9.17, 15) is 4.79 Å². The highest BCUT2D eigenvalue weighted by Gasteiger charge is 2.11. The number of carbonyl (C=O) groups is 1. The van der Waals surface area contributed by atoms with Crippen LogP contribution in [-0.2, 0) is 6.54 Å². The number of ether oxygens (including phenoxy) is 1. The van der Waals surface area contributed by atoms with Crippen molar-refractivity contribution in [1.29, 1.82) is 0 Å². The molecular formula is C16H20N2O2. The average Bonchev–Trinajstić information content (AvgIpc) is 2.87. The molecule has 0 bridgehead atoms. The fourth-order valence-corrected chi connectivity index (χ4v) is 2.26. The van der Waals surface area contributed by atoms with Crippen LogP contribution >= 0.6 is 0 Å². The van der Waals surface area contributed by atoms with E-state index in [1.807, 2.05) is 18.3 Å². The first-order valence-corrected chi connectivity index (χ1v) is 6.71. The van der Waals surface area contributed by atoms with Crippen LogP contribution < -0.4 is 4.74 Å². The molecule has 4 heteroatoms. The maximum absolute atomic E-state index is 11.5. The van der Waals surface area contributed by atoms with Crippen LogP contribution in [0.2, 0.25) is 0 Å². The lowest BCUT2D eigenvalue weighted by molar-refractivity contribution is 0.101. The van der Waals surface area contributed by atoms with Gasteiger partial charge in [0.1, 0.15) is 11.6 Å². The Balaban J connectivity index is 2.38. The standard InChI is InChI=1S/C16H20N2O2/c1-11(2)16-17-7-8-18(16)10-14-9-13(12(3)19)5-6-15(14)20-4/h5-9,11H,10H2,1-4H3. The Morgan fingerprint density at radius 3 is 2.75 bits per heavy atom. The Morgan fingerprint density at radius 1 is 1.40 bits per heavy atom. The summed E-state index contributed by atoms with van der Waals surface area (Å²) in [6, 6.07) is 5.53. The quantitative estimate of drug-likeness (QED) is 0.785. The van der Waals surface area contributed by atoms with E-state index in [2.05, 4.69) is 23.4 Å². The van der Waals surface area contributed by atoms with Crippen molar-refractivity contribution in [3.63, 3.8) is 0 Å². The fourth-order valence-electron chi connectivity index (χ4n) is 2.26. The number of ketones is 1. The normalized spacial score (nSPS) is 10.8. The molecule has 106 valence electrons. The van der Waals surface area contributed by atoms with Gasteiger partial charge in [-0.15, -0.1) is 0 Å². The van der Waals surface area contributed by atoms with Crippen LogP contribution in [0.3, 0.4) is 0 Å². The second-order valence-corrected chi connectivity index (χ2v) is 5.15. The lowest BCUT2D eigenvalue weighted by Gasteiger charge is -2.14. The number of aromatic nitrogens is 2. The third kappa shape index (κ3) is 2.90. The highest BCUT2D eigenvalue weighted by molar-refractivity contribution is 5.94. The van der Waals surface area contributed by atoms with Crippen molar-refractivity contribution < 1.29 is 9.53 Å². The number of benzene rings is 1. The Kier molecular flexibility index (Phi) is 4.23. The Labute approximate surface area is 119 Å². The summed E-state index contributed by atoms with van der Waals surface area (Å²) >= 11 is 0. The van der Waals surface area contributed by atoms with Crippen LogP contribution in [0.15, 0.2) is 30.6 Å². The molecule has 0 aliphatic heterocycles. The lowest BCUT2D eigenvalue weighted by atomic mass is 10.1. The maximum Gasteiger partial charge on any atom is 0.159 e. The number of hydrogen-bond acceptors (Lipinski definition) is 3. The summed E-state index contributed by atoms with van der Waals surface area (Å²) in [5.74, 6) is 2.23. The molecule has 0 amide bonds. The second-order valence-electron chi connectivity index (χ2n) is 5.15. The summed E-state index contributed by atoms with van der Waals surface area (Å²) in [7, 11) is 1.64. The van der Waals surface area contributed by atoms with Crippen LogP contribution in [0, 0.1) is 0 Å². The SMILES string of the molecule is COc1ccc(C(C)=O)cc1Cn1ccnc1C(C)C. The number of nitrogens with zero attached hydrogens (tertiary/aromatic N) is 2. The topological polar surface area (TPSA) is 44.1 Å². The average molecular weight is 272 g/mol. The third-order valence-electron chi connectivity index (χ3n) is 3.29. The van der Waals surface area contributed by atoms with Gasteiger partial charge in [-0.25, -0.2) is 4.98 Å². The van der Waals surface area contributed by atoms with E-state index in [4.69, 9.17) is 4.74 Å². The Bertz CT molecular complexity index is 615. The minimum Gasteiger partial charge on any atom is -0.496 e. The van der Waals surface area contributed by atoms with Crippen molar-refractivity contribution in [3.8, 4) is 5.75 Å². The molecule has 0 N–H and O–H groups in total. The smallest absolute Gasteiger partial charge is 0.159 e. The summed E-state index contributed by atoms with van der Waals surface area (Å²) in [5, 5.41) is 0. The first-order valence-electron chi connectivity index (χ1n) is 6.71. The molecule has 1 aromatic heterocycles. The predicted molar refractivity (Wildman–Crippen MR) is 78.4 cm³/mol. The van der Waals surface area contributed by atoms with Crippen LogP contribution in [0.5, 0.6) is 5.75 Å². The molecule has 0 saturated carbocycles. The van der Waals surface area contributed by atoms with Gasteiger partial charge in [0.2, 0.25) is 0 Å². The van der Waals surface area contributed by atoms with Gasteiger partial charge in [-0.05, 0) is 25.1 Å². The Morgan fingerprint density at radius 2 is 2.15 bits per heavy atom. The largest absolute Gasteiger partial charge is 0.496 e. The first kappa shape index (κ1) is 14.3. The van der Waals surface area contributed by atoms with Crippen molar-refractivity contribution in [3.05, 3.63) is 47.5 Å². The molecule has 0 aliphatic carbocycles. The van der Waals surface area contributed by atoms with Crippen LogP contribution in [0.25, 0.3) is 0 Å². The van der Waals surface area contributed by atoms with Gasteiger partial charge < -0.3 is 9.30 Å². The first-order chi connectivity index (χ1) is 9.52. The summed E-state index contributed by atoms with van der Waals surface area (Å²) in [6.07, 6.45) is 3.76. The number of rotatable bonds is 5. The number of imidazole rings is 1. The molecule has 2 rings (SSSR count). The molecule has 0 spiro atoms. The highest BCUT2D eigenvalue weighted by Crippen LogP contribution is 2.23. The van der Waals surface area contributed by atoms with Crippen molar-refractivity contribution in [2.45, 2.75) is 33.2 Å². The minimum absolute atomic E-state index is 0.0589. The van der Waals surface area contributed by atoms with Gasteiger partial charge in [0.15, 0.2) is 5.78 Å². The molecule has 4 nitrogen and oxygen atoms in total. The van der Waals surface area contributed by atoms with E-state index >= 15 is 0 Å². The van der Waals surface area contributed by atoms with E-state index in [0.29, 0.717) is 18.0 Å². The summed E-state index contributed by atoms with van der Waals surface area (Å²) < 4.78 is 7.47. The molecule has 0 aliphatic rings. The molecule has 0 radical (unpaired) electrons. The zero-order valence-corrected chi connectivity index (χ0v) is 12.4. The van der Waals surface area contributed by atoms with Gasteiger partial charge in [0, 0.05) is 29.4 Å². The molecule has 0 atom stereocenters. The molecule has 0 fully saturated rings. The van der Waals surface area contributed by atoms with Gasteiger partial charge in [-0.1, -0.05) is 13.8 Å². The minimum atomic E-state index is 0.0589. The molecular weight excluding hydrogens is 252 g/mol. The fraction of sp³-hybridized carbons (Fsp3) is 0.375. The lowest BCUT2D eigenvalue weighted by Crippen LogP contribution is -2.08. The molecule has 20 heavy (non-hydrogen) atoms. The van der Waals surface area contributed by atoms with Crippen molar-refractivity contribution in [2.24, 2.45) is 0 Å². The van der Waals surface area contributed by atoms with Crippen LogP contribution in [0.4, 0.5) is 0 Å². The second kappa shape index (κ2) is 5.90. The van der Waals surface area contributed by atoms with Gasteiger partial charge >= 0.3 is 0 Å². The van der Waals surface area contributed by atoms with Gasteiger partial charge in [0.05, 0.1) is 13.7 Å². The molecule has 0 saturated heterocycles. The molecule has 2 aromatic rings. The predicted octanol–water partition coefficient (Wildman–Crippen LogP) is 3.27. The van der Waals surface area contributed by atoms with Crippen LogP contribution in [0.1, 0.15) is 48.4 Å². The highest BCUT2D eigenvalue weighted by atomic mass is 16.5. The van der Waals surface area contributed by atoms with Crippen molar-refractivity contribution in [2.75, 3.05) is 7.11 Å². The maximum atomic E-state index is 11.5. The molecule has 1 aromatic carbocycles. The van der Waals surface area contributed by atoms with E-state index in [0.717, 1.165) is 17.1 Å².